The van der Waals surface area contributed by atoms with Gasteiger partial charge in [0.15, 0.2) is 0 Å². The zero-order valence-electron chi connectivity index (χ0n) is 8.24. The summed E-state index contributed by atoms with van der Waals surface area (Å²) < 4.78 is 17.0. The average molecular weight is 402 g/mol. The second kappa shape index (κ2) is 22.9. The van der Waals surface area contributed by atoms with Crippen molar-refractivity contribution in [3.05, 3.63) is 0 Å². The van der Waals surface area contributed by atoms with Crippen molar-refractivity contribution in [2.75, 3.05) is 0 Å². The van der Waals surface area contributed by atoms with Crippen molar-refractivity contribution in [1.29, 1.82) is 0 Å². The molecule has 9 heteroatoms. The molecule has 0 fully saturated rings. The first-order chi connectivity index (χ1) is 6.61. The number of carbonyl (C=O) groups is 3. The van der Waals surface area contributed by atoms with E-state index in [0.717, 1.165) is 20.8 Å². The molecule has 0 spiro atoms. The number of aliphatic carboxylic acids is 3. The van der Waals surface area contributed by atoms with Crippen LogP contribution in [0.1, 0.15) is 20.8 Å². The van der Waals surface area contributed by atoms with Crippen molar-refractivity contribution in [2.45, 2.75) is 20.8 Å². The molecule has 0 amide bonds. The van der Waals surface area contributed by atoms with Crippen LogP contribution < -0.4 is 0 Å². The van der Waals surface area contributed by atoms with Crippen molar-refractivity contribution >= 4 is 17.9 Å². The molecular formula is C6H12O8Os. The molecular weight excluding hydrogens is 390 g/mol. The fourth-order valence-corrected chi connectivity index (χ4v) is 0. The number of carboxylic acid groups (broad SMARTS) is 3. The Balaban J connectivity index is -0.0000000542. The molecule has 0 aliphatic heterocycles. The average Bonchev–Trinajstić information content (AvgIpc) is 1.81. The number of hydrogen-bond acceptors (Lipinski definition) is 5. The molecule has 0 heterocycles. The van der Waals surface area contributed by atoms with E-state index < -0.39 is 35.2 Å². The molecule has 92 valence electrons. The van der Waals surface area contributed by atoms with Gasteiger partial charge in [-0.3, -0.25) is 14.4 Å². The van der Waals surface area contributed by atoms with Crippen molar-refractivity contribution < 1.29 is 54.1 Å². The van der Waals surface area contributed by atoms with Crippen molar-refractivity contribution in [2.24, 2.45) is 0 Å². The fraction of sp³-hybridized carbons (Fsp3) is 0.500. The Kier molecular flexibility index (Phi) is 35.9. The van der Waals surface area contributed by atoms with Gasteiger partial charge in [-0.2, -0.15) is 0 Å². The molecule has 0 atom stereocenters. The van der Waals surface area contributed by atoms with E-state index in [4.69, 9.17) is 36.8 Å². The van der Waals surface area contributed by atoms with Crippen LogP contribution in [0.25, 0.3) is 0 Å². The first kappa shape index (κ1) is 23.5. The van der Waals surface area contributed by atoms with Crippen LogP contribution in [0, 0.1) is 0 Å². The minimum atomic E-state index is -2.08. The molecule has 0 unspecified atom stereocenters. The summed E-state index contributed by atoms with van der Waals surface area (Å²) in [6, 6.07) is 0. The van der Waals surface area contributed by atoms with E-state index in [-0.39, 0.29) is 0 Å². The normalized spacial score (nSPS) is 6.07. The fourth-order valence-electron chi connectivity index (χ4n) is 0. The predicted octanol–water partition coefficient (Wildman–Crippen LogP) is 0.0326. The van der Waals surface area contributed by atoms with Gasteiger partial charge in [-0.05, 0) is 0 Å². The van der Waals surface area contributed by atoms with Crippen molar-refractivity contribution in [1.82, 2.24) is 0 Å². The predicted molar refractivity (Wildman–Crippen MR) is 41.3 cm³/mol. The summed E-state index contributed by atoms with van der Waals surface area (Å²) in [5.74, 6) is -2.50. The molecule has 0 saturated carbocycles. The summed E-state index contributed by atoms with van der Waals surface area (Å²) in [5, 5.41) is 22.2. The van der Waals surface area contributed by atoms with E-state index in [1.54, 1.807) is 0 Å². The third kappa shape index (κ3) is 782. The summed E-state index contributed by atoms with van der Waals surface area (Å²) in [6.45, 7) is 3.25. The Morgan fingerprint density at radius 1 is 0.733 bits per heavy atom. The van der Waals surface area contributed by atoms with E-state index in [0.29, 0.717) is 0 Å². The van der Waals surface area contributed by atoms with Gasteiger partial charge >= 0.3 is 24.4 Å². The second-order valence-corrected chi connectivity index (χ2v) is 2.04. The minimum absolute atomic E-state index is 0.833. The molecule has 3 N–H and O–H groups in total. The topological polar surface area (TPSA) is 146 Å². The molecule has 0 aliphatic rings. The maximum absolute atomic E-state index is 9.00. The summed E-state index contributed by atoms with van der Waals surface area (Å²) in [4.78, 5) is 27.0. The SMILES string of the molecule is CC(=O)O.CC(=O)O.CC(=O)O.[O]=[Os]=[O]. The van der Waals surface area contributed by atoms with Crippen LogP contribution in [0.3, 0.4) is 0 Å². The van der Waals surface area contributed by atoms with E-state index in [9.17, 15) is 0 Å². The standard InChI is InChI=1S/3C2H4O2.2O.Os/c3*1-2(3)4;;;/h3*1H3,(H,3,4);;;. The molecule has 15 heavy (non-hydrogen) atoms. The first-order valence-electron chi connectivity index (χ1n) is 3.07. The summed E-state index contributed by atoms with van der Waals surface area (Å²) in [5.41, 5.74) is 0. The quantitative estimate of drug-likeness (QED) is 0.514. The van der Waals surface area contributed by atoms with Gasteiger partial charge in [-0.15, -0.1) is 0 Å². The number of carboxylic acids is 3. The molecule has 0 bridgehead atoms. The molecule has 0 aromatic rings. The molecule has 0 rings (SSSR count). The van der Waals surface area contributed by atoms with Crippen molar-refractivity contribution in [3.63, 3.8) is 0 Å². The zero-order chi connectivity index (χ0) is 13.4. The van der Waals surface area contributed by atoms with Gasteiger partial charge in [0.05, 0.1) is 0 Å². The molecule has 8 nitrogen and oxygen atoms in total. The maximum atomic E-state index is 9.00. The molecule has 0 radical (unpaired) electrons. The van der Waals surface area contributed by atoms with Gasteiger partial charge in [0.1, 0.15) is 0 Å². The van der Waals surface area contributed by atoms with Gasteiger partial charge in [0.2, 0.25) is 0 Å². The Morgan fingerprint density at radius 3 is 0.733 bits per heavy atom. The summed E-state index contributed by atoms with van der Waals surface area (Å²) in [7, 11) is 0. The number of hydrogen-bond donors (Lipinski definition) is 3. The van der Waals surface area contributed by atoms with Crippen LogP contribution in [0.15, 0.2) is 0 Å². The monoisotopic (exact) mass is 404 g/mol. The summed E-state index contributed by atoms with van der Waals surface area (Å²) >= 11 is -2.08. The van der Waals surface area contributed by atoms with Gasteiger partial charge in [0.25, 0.3) is 17.9 Å². The zero-order valence-corrected chi connectivity index (χ0v) is 10.8. The number of rotatable bonds is 0. The summed E-state index contributed by atoms with van der Waals surface area (Å²) in [6.07, 6.45) is 0. The Hall–Kier alpha value is -1.35. The van der Waals surface area contributed by atoms with E-state index in [1.165, 1.54) is 0 Å². The third-order valence-corrected chi connectivity index (χ3v) is 0. The van der Waals surface area contributed by atoms with Crippen LogP contribution in [-0.4, -0.2) is 33.2 Å². The van der Waals surface area contributed by atoms with Crippen LogP contribution in [0.5, 0.6) is 0 Å². The van der Waals surface area contributed by atoms with Gasteiger partial charge in [0, 0.05) is 20.8 Å². The second-order valence-electron chi connectivity index (χ2n) is 1.62. The van der Waals surface area contributed by atoms with Crippen LogP contribution in [-0.2, 0) is 38.8 Å². The molecule has 0 saturated heterocycles. The van der Waals surface area contributed by atoms with Gasteiger partial charge in [-0.1, -0.05) is 0 Å². The van der Waals surface area contributed by atoms with Crippen LogP contribution >= 0.6 is 0 Å². The van der Waals surface area contributed by atoms with E-state index >= 15 is 0 Å². The Morgan fingerprint density at radius 2 is 0.733 bits per heavy atom. The first-order valence-corrected chi connectivity index (χ1v) is 5.15. The van der Waals surface area contributed by atoms with Crippen LogP contribution in [0.4, 0.5) is 0 Å². The van der Waals surface area contributed by atoms with Gasteiger partial charge < -0.3 is 15.3 Å². The van der Waals surface area contributed by atoms with Crippen LogP contribution in [0.2, 0.25) is 0 Å². The third-order valence-electron chi connectivity index (χ3n) is 0. The molecule has 0 aliphatic carbocycles. The Bertz CT molecular complexity index is 177. The molecule has 0 aromatic carbocycles. The molecule has 0 aromatic heterocycles. The van der Waals surface area contributed by atoms with E-state index in [1.807, 2.05) is 0 Å². The Labute approximate surface area is 93.2 Å². The van der Waals surface area contributed by atoms with Crippen molar-refractivity contribution in [3.8, 4) is 0 Å². The van der Waals surface area contributed by atoms with Gasteiger partial charge in [-0.25, -0.2) is 0 Å². The van der Waals surface area contributed by atoms with E-state index in [2.05, 4.69) is 0 Å².